The van der Waals surface area contributed by atoms with Gasteiger partial charge in [0.15, 0.2) is 0 Å². The third-order valence-corrected chi connectivity index (χ3v) is 5.12. The Hall–Kier alpha value is -1.16. The minimum atomic E-state index is -0.532. The molecule has 4 nitrogen and oxygen atoms in total. The molecular weight excluding hydrogens is 314 g/mol. The highest BCUT2D eigenvalue weighted by Gasteiger charge is 2.36. The lowest BCUT2D eigenvalue weighted by Gasteiger charge is -2.37. The molecular formula is C21H39NO3. The van der Waals surface area contributed by atoms with Crippen LogP contribution in [0.1, 0.15) is 74.1 Å². The van der Waals surface area contributed by atoms with Gasteiger partial charge in [-0.3, -0.25) is 4.79 Å². The molecule has 25 heavy (non-hydrogen) atoms. The molecule has 0 fully saturated rings. The number of allylic oxidation sites excluding steroid dienone is 1. The van der Waals surface area contributed by atoms with Crippen molar-refractivity contribution < 1.29 is 14.3 Å². The van der Waals surface area contributed by atoms with Crippen LogP contribution in [0.2, 0.25) is 0 Å². The molecule has 0 radical (unpaired) electrons. The Kier molecular flexibility index (Phi) is 9.07. The molecule has 0 saturated carbocycles. The highest BCUT2D eigenvalue weighted by atomic mass is 16.6. The average molecular weight is 354 g/mol. The number of rotatable bonds is 10. The Morgan fingerprint density at radius 2 is 1.56 bits per heavy atom. The van der Waals surface area contributed by atoms with Crippen LogP contribution >= 0.6 is 0 Å². The van der Waals surface area contributed by atoms with Crippen molar-refractivity contribution in [2.75, 3.05) is 20.6 Å². The number of carbonyl (C=O) groups is 2. The molecule has 0 spiro atoms. The van der Waals surface area contributed by atoms with E-state index in [1.165, 1.54) is 6.08 Å². The lowest BCUT2D eigenvalue weighted by Crippen LogP contribution is -2.40. The summed E-state index contributed by atoms with van der Waals surface area (Å²) in [5.41, 5.74) is -1.02. The number of Topliss-reactive ketones (excluding diaryl/α,β-unsaturated/α-hetero) is 1. The molecule has 0 rings (SSSR count). The quantitative estimate of drug-likeness (QED) is 0.424. The zero-order valence-electron chi connectivity index (χ0n) is 17.9. The highest BCUT2D eigenvalue weighted by molar-refractivity contribution is 5.84. The van der Waals surface area contributed by atoms with E-state index in [9.17, 15) is 9.59 Å². The van der Waals surface area contributed by atoms with E-state index >= 15 is 0 Å². The largest absolute Gasteiger partial charge is 0.456 e. The summed E-state index contributed by atoms with van der Waals surface area (Å²) < 4.78 is 5.56. The molecule has 0 N–H and O–H groups in total. The van der Waals surface area contributed by atoms with E-state index in [1.54, 1.807) is 0 Å². The molecule has 0 aliphatic rings. The molecule has 0 unspecified atom stereocenters. The van der Waals surface area contributed by atoms with E-state index < -0.39 is 5.60 Å². The van der Waals surface area contributed by atoms with E-state index in [1.807, 2.05) is 47.9 Å². The molecule has 0 aliphatic heterocycles. The Bertz CT molecular complexity index is 468. The van der Waals surface area contributed by atoms with Crippen molar-refractivity contribution in [1.29, 1.82) is 0 Å². The van der Waals surface area contributed by atoms with Crippen molar-refractivity contribution in [2.45, 2.75) is 79.8 Å². The topological polar surface area (TPSA) is 46.6 Å². The normalized spacial score (nSPS) is 13.5. The predicted octanol–water partition coefficient (Wildman–Crippen LogP) is 4.63. The van der Waals surface area contributed by atoms with Gasteiger partial charge in [-0.25, -0.2) is 4.79 Å². The maximum Gasteiger partial charge on any atom is 0.330 e. The molecule has 0 atom stereocenters. The first-order chi connectivity index (χ1) is 11.2. The van der Waals surface area contributed by atoms with Crippen molar-refractivity contribution in [2.24, 2.45) is 10.8 Å². The van der Waals surface area contributed by atoms with Crippen molar-refractivity contribution in [3.05, 3.63) is 12.2 Å². The summed E-state index contributed by atoms with van der Waals surface area (Å²) in [6, 6.07) is 0. The minimum absolute atomic E-state index is 0.128. The highest BCUT2D eigenvalue weighted by Crippen LogP contribution is 2.33. The van der Waals surface area contributed by atoms with E-state index in [4.69, 9.17) is 4.74 Å². The number of ether oxygens (including phenoxy) is 1. The molecule has 0 heterocycles. The number of hydrogen-bond donors (Lipinski definition) is 0. The Morgan fingerprint density at radius 3 is 2.04 bits per heavy atom. The van der Waals surface area contributed by atoms with Gasteiger partial charge >= 0.3 is 5.97 Å². The van der Waals surface area contributed by atoms with Crippen LogP contribution in [0.15, 0.2) is 12.2 Å². The van der Waals surface area contributed by atoms with E-state index in [2.05, 4.69) is 25.7 Å². The van der Waals surface area contributed by atoms with Gasteiger partial charge in [-0.05, 0) is 53.8 Å². The minimum Gasteiger partial charge on any atom is -0.456 e. The molecule has 0 bridgehead atoms. The Labute approximate surface area is 155 Å². The van der Waals surface area contributed by atoms with Crippen LogP contribution in [-0.2, 0) is 14.3 Å². The van der Waals surface area contributed by atoms with Crippen LogP contribution in [0.4, 0.5) is 0 Å². The average Bonchev–Trinajstić information content (AvgIpc) is 2.41. The second-order valence-corrected chi connectivity index (χ2v) is 9.34. The number of carbonyl (C=O) groups excluding carboxylic acids is 2. The first kappa shape index (κ1) is 23.8. The second-order valence-electron chi connectivity index (χ2n) is 9.34. The molecule has 0 aromatic rings. The summed E-state index contributed by atoms with van der Waals surface area (Å²) in [6.45, 7) is 14.9. The van der Waals surface area contributed by atoms with Crippen molar-refractivity contribution in [3.8, 4) is 0 Å². The third kappa shape index (κ3) is 9.20. The van der Waals surface area contributed by atoms with Gasteiger partial charge in [0.1, 0.15) is 11.4 Å². The standard InChI is InChI=1S/C21H39NO3/c1-19(2,3)21(6,7)25-18(24)14-10-11-15-20(4,5)17(23)13-12-16-22(8)9/h10,14H,11-13,15-16H2,1-9H3/b14-10+. The van der Waals surface area contributed by atoms with Gasteiger partial charge in [0.05, 0.1) is 0 Å². The Morgan fingerprint density at radius 1 is 1.00 bits per heavy atom. The number of hydrogen-bond acceptors (Lipinski definition) is 4. The number of nitrogens with zero attached hydrogens (tertiary/aromatic N) is 1. The zero-order chi connectivity index (χ0) is 19.9. The number of ketones is 1. The Balaban J connectivity index is 4.37. The van der Waals surface area contributed by atoms with Gasteiger partial charge in [-0.2, -0.15) is 0 Å². The van der Waals surface area contributed by atoms with Crippen LogP contribution in [-0.4, -0.2) is 42.9 Å². The van der Waals surface area contributed by atoms with Crippen LogP contribution in [0, 0.1) is 10.8 Å². The summed E-state index contributed by atoms with van der Waals surface area (Å²) in [5.74, 6) is -0.0331. The van der Waals surface area contributed by atoms with Crippen LogP contribution in [0.5, 0.6) is 0 Å². The fourth-order valence-electron chi connectivity index (χ4n) is 2.10. The van der Waals surface area contributed by atoms with Crippen LogP contribution in [0.3, 0.4) is 0 Å². The van der Waals surface area contributed by atoms with Crippen LogP contribution in [0.25, 0.3) is 0 Å². The first-order valence-corrected chi connectivity index (χ1v) is 9.26. The van der Waals surface area contributed by atoms with Crippen molar-refractivity contribution in [3.63, 3.8) is 0 Å². The lowest BCUT2D eigenvalue weighted by atomic mass is 9.79. The maximum absolute atomic E-state index is 12.3. The monoisotopic (exact) mass is 353 g/mol. The predicted molar refractivity (Wildman–Crippen MR) is 105 cm³/mol. The SMILES string of the molecule is CN(C)CCCC(=O)C(C)(C)CC/C=C/C(=O)OC(C)(C)C(C)(C)C. The second kappa shape index (κ2) is 9.51. The summed E-state index contributed by atoms with van der Waals surface area (Å²) in [5, 5.41) is 0. The molecule has 0 aromatic heterocycles. The van der Waals surface area contributed by atoms with Crippen molar-refractivity contribution >= 4 is 11.8 Å². The smallest absolute Gasteiger partial charge is 0.330 e. The fourth-order valence-corrected chi connectivity index (χ4v) is 2.10. The lowest BCUT2D eigenvalue weighted by molar-refractivity contribution is -0.160. The van der Waals surface area contributed by atoms with Gasteiger partial charge in [0.2, 0.25) is 0 Å². The summed E-state index contributed by atoms with van der Waals surface area (Å²) in [4.78, 5) is 26.4. The maximum atomic E-state index is 12.3. The van der Waals surface area contributed by atoms with Gasteiger partial charge in [-0.1, -0.05) is 40.7 Å². The summed E-state index contributed by atoms with van der Waals surface area (Å²) >= 11 is 0. The van der Waals surface area contributed by atoms with Gasteiger partial charge in [-0.15, -0.1) is 0 Å². The third-order valence-electron chi connectivity index (χ3n) is 5.12. The first-order valence-electron chi connectivity index (χ1n) is 9.26. The molecule has 0 saturated heterocycles. The zero-order valence-corrected chi connectivity index (χ0v) is 17.9. The van der Waals surface area contributed by atoms with E-state index in [0.29, 0.717) is 18.6 Å². The molecule has 0 aliphatic carbocycles. The van der Waals surface area contributed by atoms with Crippen molar-refractivity contribution in [1.82, 2.24) is 4.90 Å². The summed E-state index contributed by atoms with van der Waals surface area (Å²) in [6.07, 6.45) is 6.23. The fraction of sp³-hybridized carbons (Fsp3) is 0.810. The van der Waals surface area contributed by atoms with Gasteiger partial charge < -0.3 is 9.64 Å². The number of esters is 1. The van der Waals surface area contributed by atoms with Gasteiger partial charge in [0, 0.05) is 23.3 Å². The van der Waals surface area contributed by atoms with E-state index in [0.717, 1.165) is 19.4 Å². The summed E-state index contributed by atoms with van der Waals surface area (Å²) in [7, 11) is 4.03. The van der Waals surface area contributed by atoms with Gasteiger partial charge in [0.25, 0.3) is 0 Å². The molecule has 4 heteroatoms. The van der Waals surface area contributed by atoms with Crippen LogP contribution < -0.4 is 0 Å². The molecule has 146 valence electrons. The van der Waals surface area contributed by atoms with E-state index in [-0.39, 0.29) is 16.8 Å². The molecule has 0 aromatic carbocycles. The molecule has 0 amide bonds.